The molecule has 4 aliphatic rings. The number of benzene rings is 4. The van der Waals surface area contributed by atoms with Gasteiger partial charge in [0, 0.05) is 10.8 Å². The summed E-state index contributed by atoms with van der Waals surface area (Å²) in [6.07, 6.45) is 5.04. The predicted octanol–water partition coefficient (Wildman–Crippen LogP) is 7.17. The lowest BCUT2D eigenvalue weighted by Crippen LogP contribution is -2.25. The van der Waals surface area contributed by atoms with Crippen molar-refractivity contribution in [2.24, 2.45) is 0 Å². The zero-order valence-electron chi connectivity index (χ0n) is 22.3. The monoisotopic (exact) mass is 636 g/mol. The first-order valence-corrected chi connectivity index (χ1v) is 13.2. The second-order valence-corrected chi connectivity index (χ2v) is 8.94. The minimum Gasteiger partial charge on any atom is -0.386 e. The second kappa shape index (κ2) is 11.3. The van der Waals surface area contributed by atoms with Crippen LogP contribution in [-0.4, -0.2) is 23.9 Å². The van der Waals surface area contributed by atoms with Gasteiger partial charge in [-0.1, -0.05) is 52.0 Å². The molecule has 0 radical (unpaired) electrons. The van der Waals surface area contributed by atoms with Gasteiger partial charge in [-0.05, 0) is 83.0 Å². The summed E-state index contributed by atoms with van der Waals surface area (Å²) < 4.78 is 9.22. The number of hydrogen-bond donors (Lipinski definition) is 0. The van der Waals surface area contributed by atoms with Gasteiger partial charge in [0.2, 0.25) is 0 Å². The summed E-state index contributed by atoms with van der Waals surface area (Å²) in [7, 11) is 0. The molecule has 0 unspecified atom stereocenters. The van der Waals surface area contributed by atoms with E-state index in [-0.39, 0.29) is 57.0 Å². The quantitative estimate of drug-likeness (QED) is 0.116. The Balaban J connectivity index is 0.000000163. The van der Waals surface area contributed by atoms with Gasteiger partial charge in [0.15, 0.2) is 0 Å². The fraction of sp³-hybridized carbons (Fsp3) is 0.250. The van der Waals surface area contributed by atoms with E-state index < -0.39 is 23.9 Å². The molecular formula is C32H29IO6. The molecule has 0 amide bonds. The Kier molecular flexibility index (Phi) is 8.20. The Bertz CT molecular complexity index is 1450. The first-order chi connectivity index (χ1) is 18.5. The smallest absolute Gasteiger partial charge is 0.346 e. The summed E-state index contributed by atoms with van der Waals surface area (Å²) in [5, 5.41) is 3.76. The van der Waals surface area contributed by atoms with Crippen molar-refractivity contribution >= 4 is 69.4 Å². The maximum Gasteiger partial charge on any atom is 0.346 e. The van der Waals surface area contributed by atoms with Gasteiger partial charge in [0.1, 0.15) is 0 Å². The number of esters is 4. The maximum absolute atomic E-state index is 11.7. The van der Waals surface area contributed by atoms with Gasteiger partial charge in [-0.2, -0.15) is 0 Å². The third kappa shape index (κ3) is 4.42. The van der Waals surface area contributed by atoms with Crippen molar-refractivity contribution < 1.29 is 28.7 Å². The number of carbonyl (C=O) groups excluding carboxylic acids is 4. The van der Waals surface area contributed by atoms with Crippen LogP contribution in [0.4, 0.5) is 0 Å². The standard InChI is InChI=1S/C14H4O6.C14H12.2C2H6.HI/c15-11-5-1-2-6-10-8(14(18)20-12(6)16)4-3-7(9(5)10)13(17)19-11;1-2-10-7-8-12-4-3-11-6-5-9(1)13(10)14(11)12;2*1-2;/h1-4H;5-8H,1-4H2;2*1-2H3;1H. The number of cyclic esters (lactones) is 4. The fourth-order valence-electron chi connectivity index (χ4n) is 5.73. The Labute approximate surface area is 243 Å². The van der Waals surface area contributed by atoms with E-state index in [1.165, 1.54) is 49.9 Å². The van der Waals surface area contributed by atoms with Gasteiger partial charge in [-0.15, -0.1) is 24.0 Å². The van der Waals surface area contributed by atoms with Crippen LogP contribution >= 0.6 is 24.0 Å². The number of hydrogen-bond acceptors (Lipinski definition) is 6. The molecule has 6 nitrogen and oxygen atoms in total. The molecule has 200 valence electrons. The lowest BCUT2D eigenvalue weighted by atomic mass is 9.89. The van der Waals surface area contributed by atoms with E-state index in [0.717, 1.165) is 0 Å². The summed E-state index contributed by atoms with van der Waals surface area (Å²) in [4.78, 5) is 46.9. The van der Waals surface area contributed by atoms with Crippen molar-refractivity contribution in [1.82, 2.24) is 0 Å². The van der Waals surface area contributed by atoms with E-state index in [9.17, 15) is 19.2 Å². The molecule has 0 aromatic heterocycles. The molecule has 0 saturated heterocycles. The van der Waals surface area contributed by atoms with Crippen molar-refractivity contribution in [3.63, 3.8) is 0 Å². The van der Waals surface area contributed by atoms with E-state index in [0.29, 0.717) is 0 Å². The van der Waals surface area contributed by atoms with Gasteiger partial charge < -0.3 is 9.47 Å². The highest BCUT2D eigenvalue weighted by atomic mass is 127. The largest absolute Gasteiger partial charge is 0.386 e. The number of ether oxygens (including phenoxy) is 2. The lowest BCUT2D eigenvalue weighted by molar-refractivity contribution is 0.0366. The van der Waals surface area contributed by atoms with Crippen LogP contribution in [0, 0.1) is 0 Å². The molecule has 0 spiro atoms. The van der Waals surface area contributed by atoms with Crippen molar-refractivity contribution in [1.29, 1.82) is 0 Å². The minimum atomic E-state index is -0.794. The molecule has 4 aromatic carbocycles. The van der Waals surface area contributed by atoms with Crippen LogP contribution in [0.15, 0.2) is 48.5 Å². The topological polar surface area (TPSA) is 86.7 Å². The predicted molar refractivity (Wildman–Crippen MR) is 160 cm³/mol. The minimum absolute atomic E-state index is 0. The van der Waals surface area contributed by atoms with Crippen molar-refractivity contribution in [2.45, 2.75) is 53.4 Å². The van der Waals surface area contributed by atoms with Gasteiger partial charge in [0.05, 0.1) is 22.3 Å². The highest BCUT2D eigenvalue weighted by molar-refractivity contribution is 14.0. The second-order valence-electron chi connectivity index (χ2n) is 8.94. The molecule has 7 heteroatoms. The molecule has 4 aromatic rings. The number of carbonyl (C=O) groups is 4. The molecule has 0 atom stereocenters. The SMILES string of the molecule is CC.CC.I.O=C1OC(=O)c2ccc3c4c(ccc1c24)C(=O)OC3=O.c1cc2c3c(ccc4c3c1CC4)CC2. The van der Waals surface area contributed by atoms with Gasteiger partial charge in [0.25, 0.3) is 0 Å². The normalized spacial score (nSPS) is 14.7. The van der Waals surface area contributed by atoms with Gasteiger partial charge >= 0.3 is 23.9 Å². The van der Waals surface area contributed by atoms with Crippen molar-refractivity contribution in [3.8, 4) is 0 Å². The lowest BCUT2D eigenvalue weighted by Gasteiger charge is -2.21. The number of halogens is 1. The first-order valence-electron chi connectivity index (χ1n) is 13.2. The highest BCUT2D eigenvalue weighted by Gasteiger charge is 2.35. The van der Waals surface area contributed by atoms with Crippen LogP contribution in [-0.2, 0) is 35.2 Å². The summed E-state index contributed by atoms with van der Waals surface area (Å²) >= 11 is 0. The average Bonchev–Trinajstić information content (AvgIpc) is 3.56. The van der Waals surface area contributed by atoms with E-state index in [1.54, 1.807) is 33.0 Å². The third-order valence-electron chi connectivity index (χ3n) is 7.24. The molecule has 39 heavy (non-hydrogen) atoms. The molecule has 2 aliphatic carbocycles. The van der Waals surface area contributed by atoms with Crippen LogP contribution in [0.1, 0.15) is 91.4 Å². The third-order valence-corrected chi connectivity index (χ3v) is 7.24. The number of aryl methyl sites for hydroxylation is 4. The van der Waals surface area contributed by atoms with Crippen LogP contribution in [0.5, 0.6) is 0 Å². The van der Waals surface area contributed by atoms with E-state index in [1.807, 2.05) is 27.7 Å². The van der Waals surface area contributed by atoms with Crippen LogP contribution < -0.4 is 0 Å². The summed E-state index contributed by atoms with van der Waals surface area (Å²) in [6, 6.07) is 14.9. The Hall–Kier alpha value is -3.59. The number of rotatable bonds is 0. The molecular weight excluding hydrogens is 607 g/mol. The molecule has 8 rings (SSSR count). The molecule has 0 saturated carbocycles. The Morgan fingerprint density at radius 3 is 0.872 bits per heavy atom. The maximum atomic E-state index is 11.7. The Morgan fingerprint density at radius 2 is 0.641 bits per heavy atom. The average molecular weight is 636 g/mol. The summed E-state index contributed by atoms with van der Waals surface area (Å²) in [5.41, 5.74) is 6.96. The highest BCUT2D eigenvalue weighted by Crippen LogP contribution is 2.39. The zero-order valence-corrected chi connectivity index (χ0v) is 24.6. The van der Waals surface area contributed by atoms with Gasteiger partial charge in [-0.3, -0.25) is 0 Å². The van der Waals surface area contributed by atoms with Crippen LogP contribution in [0.25, 0.3) is 21.5 Å². The first kappa shape index (κ1) is 28.4. The van der Waals surface area contributed by atoms with Crippen molar-refractivity contribution in [3.05, 3.63) is 93.0 Å². The molecule has 2 heterocycles. The molecule has 0 fully saturated rings. The molecule has 2 aliphatic heterocycles. The zero-order chi connectivity index (χ0) is 27.1. The Morgan fingerprint density at radius 1 is 0.410 bits per heavy atom. The fourth-order valence-corrected chi connectivity index (χ4v) is 5.73. The van der Waals surface area contributed by atoms with E-state index >= 15 is 0 Å². The molecule has 0 bridgehead atoms. The van der Waals surface area contributed by atoms with Crippen LogP contribution in [0.3, 0.4) is 0 Å². The summed E-state index contributed by atoms with van der Waals surface area (Å²) in [5.74, 6) is -3.18. The van der Waals surface area contributed by atoms with Crippen molar-refractivity contribution in [2.75, 3.05) is 0 Å². The van der Waals surface area contributed by atoms with E-state index in [2.05, 4.69) is 33.7 Å². The summed E-state index contributed by atoms with van der Waals surface area (Å²) in [6.45, 7) is 8.00. The van der Waals surface area contributed by atoms with Gasteiger partial charge in [-0.25, -0.2) is 19.2 Å². The van der Waals surface area contributed by atoms with Crippen LogP contribution in [0.2, 0.25) is 0 Å². The van der Waals surface area contributed by atoms with E-state index in [4.69, 9.17) is 0 Å². The molecule has 0 N–H and O–H groups in total.